The molecule has 0 atom stereocenters. The van der Waals surface area contributed by atoms with Gasteiger partial charge < -0.3 is 4.90 Å². The zero-order chi connectivity index (χ0) is 30.5. The third-order valence-corrected chi connectivity index (χ3v) is 10.1. The third kappa shape index (κ3) is 4.72. The molecule has 0 saturated carbocycles. The van der Waals surface area contributed by atoms with Crippen molar-refractivity contribution in [3.05, 3.63) is 176 Å². The summed E-state index contributed by atoms with van der Waals surface area (Å²) in [5.41, 5.74) is 8.31. The van der Waals surface area contributed by atoms with Gasteiger partial charge in [0, 0.05) is 37.2 Å². The van der Waals surface area contributed by atoms with Crippen LogP contribution in [0.25, 0.3) is 64.0 Å². The standard InChI is InChI=1S/C44H29NS/c1-2-12-38(13-3-1)45(40-23-24-44-42(29-40)41-15-6-7-16-43(41)46-44)39-14-8-11-32(28-39)33-19-20-37-27-36(22-21-35(37)26-33)34-18-17-30-9-4-5-10-31(30)25-34/h1-29H. The number of thiophene rings is 1. The summed E-state index contributed by atoms with van der Waals surface area (Å²) in [6.07, 6.45) is 0. The number of fused-ring (bicyclic) bond motifs is 5. The van der Waals surface area contributed by atoms with Gasteiger partial charge in [0.1, 0.15) is 0 Å². The second-order valence-electron chi connectivity index (χ2n) is 11.8. The number of rotatable bonds is 5. The molecule has 0 amide bonds. The summed E-state index contributed by atoms with van der Waals surface area (Å²) in [5, 5.41) is 7.63. The normalized spacial score (nSPS) is 11.5. The van der Waals surface area contributed by atoms with Crippen molar-refractivity contribution in [3.8, 4) is 22.3 Å². The van der Waals surface area contributed by atoms with Gasteiger partial charge in [0.2, 0.25) is 0 Å². The molecule has 0 spiro atoms. The highest BCUT2D eigenvalue weighted by Crippen LogP contribution is 2.41. The molecule has 0 unspecified atom stereocenters. The monoisotopic (exact) mass is 603 g/mol. The first-order chi connectivity index (χ1) is 22.8. The van der Waals surface area contributed by atoms with Crippen LogP contribution in [0.1, 0.15) is 0 Å². The van der Waals surface area contributed by atoms with Gasteiger partial charge in [-0.3, -0.25) is 0 Å². The van der Waals surface area contributed by atoms with Crippen molar-refractivity contribution in [2.75, 3.05) is 4.90 Å². The number of para-hydroxylation sites is 1. The molecule has 0 N–H and O–H groups in total. The fourth-order valence-electron chi connectivity index (χ4n) is 6.68. The van der Waals surface area contributed by atoms with Gasteiger partial charge in [-0.15, -0.1) is 11.3 Å². The Morgan fingerprint density at radius 2 is 0.848 bits per heavy atom. The van der Waals surface area contributed by atoms with Crippen LogP contribution in [-0.4, -0.2) is 0 Å². The van der Waals surface area contributed by atoms with Gasteiger partial charge in [-0.1, -0.05) is 109 Å². The minimum Gasteiger partial charge on any atom is -0.310 e. The van der Waals surface area contributed by atoms with Crippen LogP contribution in [0.15, 0.2) is 176 Å². The van der Waals surface area contributed by atoms with E-state index in [0.29, 0.717) is 0 Å². The van der Waals surface area contributed by atoms with Gasteiger partial charge in [0.05, 0.1) is 0 Å². The molecule has 0 aliphatic rings. The van der Waals surface area contributed by atoms with E-state index >= 15 is 0 Å². The summed E-state index contributed by atoms with van der Waals surface area (Å²) >= 11 is 1.86. The van der Waals surface area contributed by atoms with Crippen molar-refractivity contribution in [2.24, 2.45) is 0 Å². The molecule has 46 heavy (non-hydrogen) atoms. The summed E-state index contributed by atoms with van der Waals surface area (Å²) in [6, 6.07) is 64.0. The fourth-order valence-corrected chi connectivity index (χ4v) is 7.76. The first-order valence-corrected chi connectivity index (χ1v) is 16.5. The van der Waals surface area contributed by atoms with Crippen molar-refractivity contribution < 1.29 is 0 Å². The molecular weight excluding hydrogens is 575 g/mol. The van der Waals surface area contributed by atoms with Crippen LogP contribution in [0.3, 0.4) is 0 Å². The molecule has 0 saturated heterocycles. The zero-order valence-corrected chi connectivity index (χ0v) is 25.9. The molecule has 8 aromatic carbocycles. The number of hydrogen-bond donors (Lipinski definition) is 0. The Morgan fingerprint density at radius 1 is 0.304 bits per heavy atom. The van der Waals surface area contributed by atoms with E-state index in [0.717, 1.165) is 17.1 Å². The lowest BCUT2D eigenvalue weighted by atomic mass is 9.96. The maximum atomic E-state index is 2.37. The number of hydrogen-bond acceptors (Lipinski definition) is 2. The van der Waals surface area contributed by atoms with E-state index < -0.39 is 0 Å². The van der Waals surface area contributed by atoms with Crippen molar-refractivity contribution >= 4 is 70.1 Å². The molecule has 1 aromatic heterocycles. The minimum absolute atomic E-state index is 1.13. The number of nitrogens with zero attached hydrogens (tertiary/aromatic N) is 1. The third-order valence-electron chi connectivity index (χ3n) is 8.99. The number of anilines is 3. The molecule has 1 nitrogen and oxygen atoms in total. The summed E-state index contributed by atoms with van der Waals surface area (Å²) in [4.78, 5) is 2.37. The molecular formula is C44H29NS. The van der Waals surface area contributed by atoms with Gasteiger partial charge >= 0.3 is 0 Å². The molecule has 216 valence electrons. The molecule has 0 aliphatic carbocycles. The zero-order valence-electron chi connectivity index (χ0n) is 25.1. The van der Waals surface area contributed by atoms with Crippen LogP contribution in [0.5, 0.6) is 0 Å². The van der Waals surface area contributed by atoms with Crippen molar-refractivity contribution in [1.82, 2.24) is 0 Å². The molecule has 1 heterocycles. The van der Waals surface area contributed by atoms with Crippen LogP contribution in [0.2, 0.25) is 0 Å². The molecule has 0 radical (unpaired) electrons. The Morgan fingerprint density at radius 3 is 1.61 bits per heavy atom. The van der Waals surface area contributed by atoms with E-state index in [2.05, 4.69) is 181 Å². The second-order valence-corrected chi connectivity index (χ2v) is 12.9. The van der Waals surface area contributed by atoms with E-state index in [1.54, 1.807) is 0 Å². The predicted molar refractivity (Wildman–Crippen MR) is 200 cm³/mol. The molecule has 0 fully saturated rings. The molecule has 9 aromatic rings. The van der Waals surface area contributed by atoms with Gasteiger partial charge in [-0.2, -0.15) is 0 Å². The lowest BCUT2D eigenvalue weighted by Gasteiger charge is -2.26. The minimum atomic E-state index is 1.13. The Balaban J connectivity index is 1.11. The van der Waals surface area contributed by atoms with E-state index in [4.69, 9.17) is 0 Å². The molecule has 9 rings (SSSR count). The lowest BCUT2D eigenvalue weighted by Crippen LogP contribution is -2.09. The Hall–Kier alpha value is -5.70. The quantitative estimate of drug-likeness (QED) is 0.189. The summed E-state index contributed by atoms with van der Waals surface area (Å²) in [7, 11) is 0. The van der Waals surface area contributed by atoms with Crippen LogP contribution < -0.4 is 4.90 Å². The van der Waals surface area contributed by atoms with Crippen LogP contribution in [0.4, 0.5) is 17.1 Å². The van der Waals surface area contributed by atoms with Crippen LogP contribution in [0, 0.1) is 0 Å². The maximum Gasteiger partial charge on any atom is 0.0468 e. The SMILES string of the molecule is c1ccc(N(c2cccc(-c3ccc4cc(-c5ccc6ccccc6c5)ccc4c3)c2)c2ccc3sc4ccccc4c3c2)cc1. The van der Waals surface area contributed by atoms with E-state index in [1.807, 2.05) is 11.3 Å². The Bertz CT molecular complexity index is 2540. The maximum absolute atomic E-state index is 2.37. The van der Waals surface area contributed by atoms with Crippen LogP contribution in [-0.2, 0) is 0 Å². The van der Waals surface area contributed by atoms with Gasteiger partial charge in [-0.25, -0.2) is 0 Å². The van der Waals surface area contributed by atoms with Gasteiger partial charge in [0.15, 0.2) is 0 Å². The van der Waals surface area contributed by atoms with E-state index in [1.165, 1.54) is 64.0 Å². The second kappa shape index (κ2) is 11.0. The summed E-state index contributed by atoms with van der Waals surface area (Å²) in [5.74, 6) is 0. The molecule has 0 bridgehead atoms. The largest absolute Gasteiger partial charge is 0.310 e. The first-order valence-electron chi connectivity index (χ1n) is 15.7. The van der Waals surface area contributed by atoms with Crippen LogP contribution >= 0.6 is 11.3 Å². The predicted octanol–water partition coefficient (Wildman–Crippen LogP) is 13.2. The highest BCUT2D eigenvalue weighted by molar-refractivity contribution is 7.25. The number of benzene rings is 8. The summed E-state index contributed by atoms with van der Waals surface area (Å²) < 4.78 is 2.63. The highest BCUT2D eigenvalue weighted by atomic mass is 32.1. The average Bonchev–Trinajstić information content (AvgIpc) is 3.50. The van der Waals surface area contributed by atoms with E-state index in [-0.39, 0.29) is 0 Å². The highest BCUT2D eigenvalue weighted by Gasteiger charge is 2.15. The van der Waals surface area contributed by atoms with Crippen molar-refractivity contribution in [1.29, 1.82) is 0 Å². The lowest BCUT2D eigenvalue weighted by molar-refractivity contribution is 1.29. The van der Waals surface area contributed by atoms with E-state index in [9.17, 15) is 0 Å². The van der Waals surface area contributed by atoms with Crippen molar-refractivity contribution in [2.45, 2.75) is 0 Å². The smallest absolute Gasteiger partial charge is 0.0468 e. The first kappa shape index (κ1) is 26.7. The van der Waals surface area contributed by atoms with Gasteiger partial charge in [0.25, 0.3) is 0 Å². The summed E-state index contributed by atoms with van der Waals surface area (Å²) in [6.45, 7) is 0. The molecule has 0 aliphatic heterocycles. The molecule has 2 heteroatoms. The Labute approximate surface area is 272 Å². The average molecular weight is 604 g/mol. The van der Waals surface area contributed by atoms with Gasteiger partial charge in [-0.05, 0) is 111 Å². The topological polar surface area (TPSA) is 3.24 Å². The van der Waals surface area contributed by atoms with Crippen molar-refractivity contribution in [3.63, 3.8) is 0 Å². The Kier molecular flexibility index (Phi) is 6.40. The fraction of sp³-hybridized carbons (Fsp3) is 0.